The molecular weight excluding hydrogens is 344 g/mol. The predicted molar refractivity (Wildman–Crippen MR) is 100 cm³/mol. The van der Waals surface area contributed by atoms with Crippen molar-refractivity contribution in [3.8, 4) is 0 Å². The van der Waals surface area contributed by atoms with Gasteiger partial charge in [0, 0.05) is 32.4 Å². The van der Waals surface area contributed by atoms with Crippen molar-refractivity contribution in [1.29, 1.82) is 0 Å². The van der Waals surface area contributed by atoms with Gasteiger partial charge in [0.25, 0.3) is 0 Å². The fourth-order valence-corrected chi connectivity index (χ4v) is 4.14. The monoisotopic (exact) mass is 368 g/mol. The summed E-state index contributed by atoms with van der Waals surface area (Å²) in [4.78, 5) is 32.9. The molecule has 2 saturated heterocycles. The number of piperidine rings is 1. The normalized spacial score (nSPS) is 22.5. The molecule has 2 fully saturated rings. The van der Waals surface area contributed by atoms with Gasteiger partial charge in [-0.1, -0.05) is 12.1 Å². The van der Waals surface area contributed by atoms with E-state index in [0.717, 1.165) is 37.1 Å². The van der Waals surface area contributed by atoms with Gasteiger partial charge in [-0.15, -0.1) is 0 Å². The van der Waals surface area contributed by atoms with Crippen LogP contribution in [0.1, 0.15) is 24.8 Å². The van der Waals surface area contributed by atoms with E-state index in [1.807, 2.05) is 31.3 Å². The van der Waals surface area contributed by atoms with E-state index in [2.05, 4.69) is 15.4 Å². The molecule has 2 aromatic rings. The second kappa shape index (κ2) is 7.02. The molecule has 1 spiro atoms. The number of carbonyl (C=O) groups excluding carboxylic acids is 2. The molecule has 0 aliphatic carbocycles. The molecule has 0 saturated carbocycles. The summed E-state index contributed by atoms with van der Waals surface area (Å²) >= 11 is 0. The average Bonchev–Trinajstić information content (AvgIpc) is 3.31. The van der Waals surface area contributed by atoms with Gasteiger partial charge in [-0.3, -0.25) is 4.79 Å². The van der Waals surface area contributed by atoms with Gasteiger partial charge in [0.05, 0.1) is 12.0 Å². The van der Waals surface area contributed by atoms with E-state index in [1.54, 1.807) is 20.8 Å². The summed E-state index contributed by atoms with van der Waals surface area (Å²) in [6, 6.07) is 7.55. The number of hydrogen-bond donors (Lipinski definition) is 1. The van der Waals surface area contributed by atoms with Gasteiger partial charge in [0.2, 0.25) is 5.91 Å². The second-order valence-electron chi connectivity index (χ2n) is 7.51. The Balaban J connectivity index is 1.40. The molecule has 0 bridgehead atoms. The van der Waals surface area contributed by atoms with Gasteiger partial charge in [0.15, 0.2) is 0 Å². The third kappa shape index (κ3) is 3.51. The highest BCUT2D eigenvalue weighted by molar-refractivity contribution is 5.91. The third-order valence-electron chi connectivity index (χ3n) is 5.58. The Bertz CT molecular complexity index is 836. The Morgan fingerprint density at radius 1 is 1.30 bits per heavy atom. The van der Waals surface area contributed by atoms with E-state index in [1.165, 1.54) is 6.33 Å². The summed E-state index contributed by atoms with van der Waals surface area (Å²) in [6.07, 6.45) is 5.78. The molecular formula is C19H24N6O2. The van der Waals surface area contributed by atoms with E-state index in [9.17, 15) is 9.59 Å². The standard InChI is InChI=1S/C19H24N6O2/c1-23-8-3-6-19(17(23)26)7-9-24(12-19)18(27)22-16-5-2-4-15(10-16)11-25-14-20-13-21-25/h2,4-5,10,13-14H,3,6-9,11-12H2,1H3,(H,22,27)/t19-/m1/s1. The van der Waals surface area contributed by atoms with Crippen LogP contribution in [-0.2, 0) is 11.3 Å². The Labute approximate surface area is 158 Å². The highest BCUT2D eigenvalue weighted by Gasteiger charge is 2.48. The largest absolute Gasteiger partial charge is 0.345 e. The summed E-state index contributed by atoms with van der Waals surface area (Å²) in [7, 11) is 1.85. The van der Waals surface area contributed by atoms with Crippen LogP contribution in [0.2, 0.25) is 0 Å². The number of carbonyl (C=O) groups is 2. The van der Waals surface area contributed by atoms with Crippen molar-refractivity contribution >= 4 is 17.6 Å². The smallest absolute Gasteiger partial charge is 0.321 e. The Morgan fingerprint density at radius 2 is 2.19 bits per heavy atom. The number of urea groups is 1. The molecule has 3 amide bonds. The molecule has 1 aromatic heterocycles. The van der Waals surface area contributed by atoms with Gasteiger partial charge in [-0.05, 0) is 37.0 Å². The molecule has 8 heteroatoms. The Morgan fingerprint density at radius 3 is 3.00 bits per heavy atom. The van der Waals surface area contributed by atoms with Crippen molar-refractivity contribution < 1.29 is 9.59 Å². The van der Waals surface area contributed by atoms with Crippen molar-refractivity contribution in [3.63, 3.8) is 0 Å². The minimum absolute atomic E-state index is 0.147. The molecule has 1 N–H and O–H groups in total. The minimum Gasteiger partial charge on any atom is -0.345 e. The van der Waals surface area contributed by atoms with Crippen LogP contribution in [0.4, 0.5) is 10.5 Å². The molecule has 27 heavy (non-hydrogen) atoms. The van der Waals surface area contributed by atoms with Crippen LogP contribution in [0, 0.1) is 5.41 Å². The first kappa shape index (κ1) is 17.5. The minimum atomic E-state index is -0.390. The average molecular weight is 368 g/mol. The number of aromatic nitrogens is 3. The second-order valence-corrected chi connectivity index (χ2v) is 7.51. The number of hydrogen-bond acceptors (Lipinski definition) is 4. The van der Waals surface area contributed by atoms with Crippen molar-refractivity contribution in [3.05, 3.63) is 42.5 Å². The van der Waals surface area contributed by atoms with Crippen LogP contribution in [0.5, 0.6) is 0 Å². The molecule has 0 radical (unpaired) electrons. The Kier molecular flexibility index (Phi) is 4.55. The molecule has 4 rings (SSSR count). The number of benzene rings is 1. The fraction of sp³-hybridized carbons (Fsp3) is 0.474. The molecule has 2 aliphatic rings. The van der Waals surface area contributed by atoms with Gasteiger partial charge in [-0.2, -0.15) is 5.10 Å². The van der Waals surface area contributed by atoms with E-state index >= 15 is 0 Å². The number of amides is 3. The SMILES string of the molecule is CN1CCC[C@]2(CCN(C(=O)Nc3cccc(Cn4cncn4)c3)C2)C1=O. The topological polar surface area (TPSA) is 83.4 Å². The number of nitrogens with one attached hydrogen (secondary N) is 1. The maximum atomic E-state index is 12.7. The van der Waals surface area contributed by atoms with Crippen LogP contribution in [-0.4, -0.2) is 63.2 Å². The zero-order chi connectivity index (χ0) is 18.9. The lowest BCUT2D eigenvalue weighted by atomic mass is 9.78. The zero-order valence-electron chi connectivity index (χ0n) is 15.5. The predicted octanol–water partition coefficient (Wildman–Crippen LogP) is 1.80. The van der Waals surface area contributed by atoms with Gasteiger partial charge in [-0.25, -0.2) is 14.5 Å². The van der Waals surface area contributed by atoms with E-state index < -0.39 is 0 Å². The van der Waals surface area contributed by atoms with Crippen LogP contribution < -0.4 is 5.32 Å². The van der Waals surface area contributed by atoms with Gasteiger partial charge in [0.1, 0.15) is 12.7 Å². The zero-order valence-corrected chi connectivity index (χ0v) is 15.5. The van der Waals surface area contributed by atoms with Crippen LogP contribution >= 0.6 is 0 Å². The maximum Gasteiger partial charge on any atom is 0.321 e. The number of anilines is 1. The molecule has 2 aliphatic heterocycles. The maximum absolute atomic E-state index is 12.7. The summed E-state index contributed by atoms with van der Waals surface area (Å²) in [5.41, 5.74) is 1.38. The molecule has 0 unspecified atom stereocenters. The molecule has 1 aromatic carbocycles. The molecule has 1 atom stereocenters. The first-order chi connectivity index (χ1) is 13.1. The lowest BCUT2D eigenvalue weighted by Gasteiger charge is -2.37. The van der Waals surface area contributed by atoms with Crippen molar-refractivity contribution in [2.45, 2.75) is 25.8 Å². The number of nitrogens with zero attached hydrogens (tertiary/aromatic N) is 5. The highest BCUT2D eigenvalue weighted by Crippen LogP contribution is 2.39. The molecule has 142 valence electrons. The fourth-order valence-electron chi connectivity index (χ4n) is 4.14. The van der Waals surface area contributed by atoms with Crippen molar-refractivity contribution in [1.82, 2.24) is 24.6 Å². The van der Waals surface area contributed by atoms with Crippen LogP contribution in [0.3, 0.4) is 0 Å². The number of likely N-dealkylation sites (tertiary alicyclic amines) is 2. The highest BCUT2D eigenvalue weighted by atomic mass is 16.2. The summed E-state index contributed by atoms with van der Waals surface area (Å²) in [5.74, 6) is 0.180. The van der Waals surface area contributed by atoms with Gasteiger partial charge < -0.3 is 15.1 Å². The molecule has 3 heterocycles. The van der Waals surface area contributed by atoms with Gasteiger partial charge >= 0.3 is 6.03 Å². The third-order valence-corrected chi connectivity index (χ3v) is 5.58. The van der Waals surface area contributed by atoms with E-state index in [0.29, 0.717) is 19.6 Å². The Hall–Kier alpha value is -2.90. The first-order valence-corrected chi connectivity index (χ1v) is 9.29. The lowest BCUT2D eigenvalue weighted by molar-refractivity contribution is -0.143. The lowest BCUT2D eigenvalue weighted by Crippen LogP contribution is -2.49. The van der Waals surface area contributed by atoms with E-state index in [-0.39, 0.29) is 17.4 Å². The van der Waals surface area contributed by atoms with Crippen LogP contribution in [0.25, 0.3) is 0 Å². The summed E-state index contributed by atoms with van der Waals surface area (Å²) in [5, 5.41) is 7.07. The molecule has 8 nitrogen and oxygen atoms in total. The van der Waals surface area contributed by atoms with E-state index in [4.69, 9.17) is 0 Å². The first-order valence-electron chi connectivity index (χ1n) is 9.29. The van der Waals surface area contributed by atoms with Crippen LogP contribution in [0.15, 0.2) is 36.9 Å². The summed E-state index contributed by atoms with van der Waals surface area (Å²) < 4.78 is 1.73. The van der Waals surface area contributed by atoms with Crippen molar-refractivity contribution in [2.75, 3.05) is 32.0 Å². The number of rotatable bonds is 3. The quantitative estimate of drug-likeness (QED) is 0.895. The summed E-state index contributed by atoms with van der Waals surface area (Å²) in [6.45, 7) is 2.52. The van der Waals surface area contributed by atoms with Crippen molar-refractivity contribution in [2.24, 2.45) is 5.41 Å².